The molecule has 2 aromatic carbocycles. The highest BCUT2D eigenvalue weighted by Gasteiger charge is 2.23. The predicted molar refractivity (Wildman–Crippen MR) is 127 cm³/mol. The Morgan fingerprint density at radius 2 is 1.69 bits per heavy atom. The van der Waals surface area contributed by atoms with Crippen LogP contribution >= 0.6 is 0 Å². The van der Waals surface area contributed by atoms with E-state index in [4.69, 9.17) is 0 Å². The van der Waals surface area contributed by atoms with E-state index in [1.54, 1.807) is 24.4 Å². The van der Waals surface area contributed by atoms with E-state index in [2.05, 4.69) is 12.0 Å². The highest BCUT2D eigenvalue weighted by molar-refractivity contribution is 7.90. The number of rotatable bonds is 7. The minimum Gasteiger partial charge on any atom is -0.373 e. The number of hydrazine groups is 1. The fourth-order valence-electron chi connectivity index (χ4n) is 4.14. The first-order chi connectivity index (χ1) is 15.4. The van der Waals surface area contributed by atoms with Crippen molar-refractivity contribution in [3.63, 3.8) is 0 Å². The first-order valence-electron chi connectivity index (χ1n) is 10.9. The molecule has 1 aliphatic rings. The van der Waals surface area contributed by atoms with Crippen LogP contribution in [-0.4, -0.2) is 35.6 Å². The number of hydrogen-bond acceptors (Lipinski definition) is 5. The molecule has 4 rings (SSSR count). The van der Waals surface area contributed by atoms with Crippen molar-refractivity contribution >= 4 is 16.1 Å². The molecular weight excluding hydrogens is 422 g/mol. The molecule has 0 amide bonds. The van der Waals surface area contributed by atoms with Crippen LogP contribution in [0.1, 0.15) is 42.3 Å². The minimum atomic E-state index is -3.83. The Hall–Kier alpha value is -2.71. The van der Waals surface area contributed by atoms with Gasteiger partial charge in [0.05, 0.1) is 10.6 Å². The molecule has 1 atom stereocenters. The van der Waals surface area contributed by atoms with E-state index in [0.29, 0.717) is 11.3 Å². The maximum atomic E-state index is 13.4. The summed E-state index contributed by atoms with van der Waals surface area (Å²) >= 11 is 0. The summed E-state index contributed by atoms with van der Waals surface area (Å²) in [5.41, 5.74) is 6.90. The van der Waals surface area contributed by atoms with Crippen molar-refractivity contribution in [3.05, 3.63) is 84.2 Å². The van der Waals surface area contributed by atoms with Crippen LogP contribution in [0.4, 0.5) is 0 Å². The Morgan fingerprint density at radius 3 is 2.31 bits per heavy atom. The zero-order valence-electron chi connectivity index (χ0n) is 18.2. The van der Waals surface area contributed by atoms with Crippen LogP contribution in [0.25, 0.3) is 17.2 Å². The van der Waals surface area contributed by atoms with Crippen molar-refractivity contribution in [1.82, 2.24) is 14.4 Å². The second-order valence-electron chi connectivity index (χ2n) is 8.07. The molecule has 168 valence electrons. The molecule has 0 radical (unpaired) electrons. The second kappa shape index (κ2) is 9.42. The van der Waals surface area contributed by atoms with Gasteiger partial charge in [-0.3, -0.25) is 0 Å². The van der Waals surface area contributed by atoms with Gasteiger partial charge in [-0.1, -0.05) is 55.5 Å². The zero-order chi connectivity index (χ0) is 22.7. The third-order valence-electron chi connectivity index (χ3n) is 5.96. The summed E-state index contributed by atoms with van der Waals surface area (Å²) in [6, 6.07) is 16.1. The lowest BCUT2D eigenvalue weighted by Gasteiger charge is -2.29. The molecule has 0 saturated carbocycles. The predicted octanol–water partition coefficient (Wildman–Crippen LogP) is 4.32. The van der Waals surface area contributed by atoms with Gasteiger partial charge in [0.15, 0.2) is 0 Å². The molecule has 1 aliphatic heterocycles. The number of aromatic nitrogens is 1. The van der Waals surface area contributed by atoms with Crippen LogP contribution in [0, 0.1) is 6.92 Å². The van der Waals surface area contributed by atoms with E-state index in [0.717, 1.165) is 42.6 Å². The molecular formula is C25H29N3O3S. The summed E-state index contributed by atoms with van der Waals surface area (Å²) in [5, 5.41) is 12.5. The van der Waals surface area contributed by atoms with Crippen molar-refractivity contribution in [2.45, 2.75) is 37.3 Å². The maximum Gasteiger partial charge on any atom is 0.268 e. The van der Waals surface area contributed by atoms with Gasteiger partial charge in [0.1, 0.15) is 6.23 Å². The summed E-state index contributed by atoms with van der Waals surface area (Å²) in [5.74, 6) is 0. The van der Waals surface area contributed by atoms with Crippen LogP contribution in [0.3, 0.4) is 0 Å². The average molecular weight is 452 g/mol. The van der Waals surface area contributed by atoms with Crippen LogP contribution in [0.15, 0.2) is 72.3 Å². The summed E-state index contributed by atoms with van der Waals surface area (Å²) < 4.78 is 28.2. The maximum absolute atomic E-state index is 13.4. The van der Waals surface area contributed by atoms with E-state index in [9.17, 15) is 13.5 Å². The van der Waals surface area contributed by atoms with Crippen molar-refractivity contribution < 1.29 is 13.5 Å². The number of aliphatic hydroxyl groups is 1. The summed E-state index contributed by atoms with van der Waals surface area (Å²) in [7, 11) is -3.83. The number of nitrogens with one attached hydrogen (secondary N) is 1. The zero-order valence-corrected chi connectivity index (χ0v) is 19.1. The van der Waals surface area contributed by atoms with E-state index in [1.165, 1.54) is 22.5 Å². The van der Waals surface area contributed by atoms with Crippen LogP contribution < -0.4 is 5.43 Å². The highest BCUT2D eigenvalue weighted by atomic mass is 32.2. The van der Waals surface area contributed by atoms with Gasteiger partial charge in [-0.25, -0.2) is 22.8 Å². The molecule has 3 aromatic rings. The lowest BCUT2D eigenvalue weighted by molar-refractivity contribution is 0.0230. The quantitative estimate of drug-likeness (QED) is 0.523. The molecule has 1 unspecified atom stereocenters. The van der Waals surface area contributed by atoms with Crippen LogP contribution in [0.5, 0.6) is 0 Å². The molecule has 2 N–H and O–H groups in total. The van der Waals surface area contributed by atoms with Gasteiger partial charge in [0.25, 0.3) is 10.0 Å². The molecule has 1 aromatic heterocycles. The van der Waals surface area contributed by atoms with Gasteiger partial charge in [0, 0.05) is 24.8 Å². The minimum absolute atomic E-state index is 0.157. The monoisotopic (exact) mass is 451 g/mol. The van der Waals surface area contributed by atoms with Crippen molar-refractivity contribution in [3.8, 4) is 11.1 Å². The summed E-state index contributed by atoms with van der Waals surface area (Å²) in [6.45, 7) is 7.51. The number of benzene rings is 2. The van der Waals surface area contributed by atoms with Gasteiger partial charge in [0.2, 0.25) is 0 Å². The lowest BCUT2D eigenvalue weighted by Crippen LogP contribution is -2.43. The molecule has 1 saturated heterocycles. The second-order valence-corrected chi connectivity index (χ2v) is 9.89. The third-order valence-corrected chi connectivity index (χ3v) is 7.65. The Balaban J connectivity index is 1.61. The van der Waals surface area contributed by atoms with Crippen molar-refractivity contribution in [2.75, 3.05) is 13.1 Å². The van der Waals surface area contributed by atoms with Gasteiger partial charge in [-0.05, 0) is 54.7 Å². The Kier molecular flexibility index (Phi) is 6.62. The fraction of sp³-hybridized carbons (Fsp3) is 0.280. The molecule has 2 heterocycles. The molecule has 0 spiro atoms. The van der Waals surface area contributed by atoms with E-state index in [1.807, 2.05) is 42.3 Å². The van der Waals surface area contributed by atoms with Gasteiger partial charge in [-0.2, -0.15) is 0 Å². The molecule has 6 nitrogen and oxygen atoms in total. The molecule has 7 heteroatoms. The molecule has 0 aliphatic carbocycles. The SMILES string of the molecule is C=Cc1c(C)c(-c2ccccc2)cn1S(=O)(=O)c1ccc(C(O)NN2CCCCC2)cc1. The largest absolute Gasteiger partial charge is 0.373 e. The number of hydrogen-bond donors (Lipinski definition) is 2. The van der Waals surface area contributed by atoms with Gasteiger partial charge in [-0.15, -0.1) is 0 Å². The number of piperidine rings is 1. The highest BCUT2D eigenvalue weighted by Crippen LogP contribution is 2.31. The van der Waals surface area contributed by atoms with E-state index < -0.39 is 16.3 Å². The lowest BCUT2D eigenvalue weighted by atomic mass is 10.0. The third kappa shape index (κ3) is 4.42. The fourth-order valence-corrected chi connectivity index (χ4v) is 5.57. The van der Waals surface area contributed by atoms with E-state index >= 15 is 0 Å². The normalized spacial score (nSPS) is 16.1. The molecule has 1 fully saturated rings. The molecule has 0 bridgehead atoms. The standard InChI is InChI=1S/C25H29N3O3S/c1-3-24-19(2)23(20-10-6-4-7-11-20)18-28(24)32(30,31)22-14-12-21(13-15-22)25(29)26-27-16-8-5-9-17-27/h3-4,6-7,10-15,18,25-26,29H,1,5,8-9,16-17H2,2H3. The topological polar surface area (TPSA) is 74.6 Å². The summed E-state index contributed by atoms with van der Waals surface area (Å²) in [6.07, 6.45) is 5.75. The Bertz CT molecular complexity index is 1180. The summed E-state index contributed by atoms with van der Waals surface area (Å²) in [4.78, 5) is 0.157. The average Bonchev–Trinajstić information content (AvgIpc) is 3.17. The number of nitrogens with zero attached hydrogens (tertiary/aromatic N) is 2. The van der Waals surface area contributed by atoms with Gasteiger partial charge >= 0.3 is 0 Å². The van der Waals surface area contributed by atoms with Crippen LogP contribution in [0.2, 0.25) is 0 Å². The van der Waals surface area contributed by atoms with Crippen molar-refractivity contribution in [2.24, 2.45) is 0 Å². The van der Waals surface area contributed by atoms with Gasteiger partial charge < -0.3 is 5.11 Å². The first-order valence-corrected chi connectivity index (χ1v) is 12.3. The smallest absolute Gasteiger partial charge is 0.268 e. The molecule has 32 heavy (non-hydrogen) atoms. The van der Waals surface area contributed by atoms with Crippen LogP contribution in [-0.2, 0) is 10.0 Å². The first kappa shape index (κ1) is 22.5. The van der Waals surface area contributed by atoms with E-state index in [-0.39, 0.29) is 4.90 Å². The van der Waals surface area contributed by atoms with Crippen molar-refractivity contribution in [1.29, 1.82) is 0 Å². The Morgan fingerprint density at radius 1 is 1.03 bits per heavy atom. The Labute approximate surface area is 189 Å². The number of aliphatic hydroxyl groups excluding tert-OH is 1.